The van der Waals surface area contributed by atoms with Crippen molar-refractivity contribution in [2.75, 3.05) is 4.90 Å². The van der Waals surface area contributed by atoms with E-state index in [0.717, 1.165) is 32.0 Å². The van der Waals surface area contributed by atoms with E-state index >= 15 is 0 Å². The lowest BCUT2D eigenvalue weighted by atomic mass is 10.0. The Morgan fingerprint density at radius 3 is 2.23 bits per heavy atom. The second kappa shape index (κ2) is 9.74. The van der Waals surface area contributed by atoms with E-state index in [1.807, 2.05) is 0 Å². The van der Waals surface area contributed by atoms with Gasteiger partial charge in [-0.25, -0.2) is 18.0 Å². The number of hydrogen-bond acceptors (Lipinski definition) is 7. The van der Waals surface area contributed by atoms with Crippen molar-refractivity contribution in [3.63, 3.8) is 0 Å². The maximum Gasteiger partial charge on any atom is 0.497 e. The number of carbonyl (C=O) groups is 3. The Morgan fingerprint density at radius 2 is 1.67 bits per heavy atom. The van der Waals surface area contributed by atoms with Gasteiger partial charge in [0.25, 0.3) is 0 Å². The van der Waals surface area contributed by atoms with Gasteiger partial charge in [-0.1, -0.05) is 29.8 Å². The summed E-state index contributed by atoms with van der Waals surface area (Å²) in [6.07, 6.45) is -2.83. The van der Waals surface area contributed by atoms with Crippen molar-refractivity contribution in [2.45, 2.75) is 41.9 Å². The number of pyridine rings is 1. The number of sulfone groups is 1. The lowest BCUT2D eigenvalue weighted by Gasteiger charge is -2.35. The Bertz CT molecular complexity index is 1570. The zero-order chi connectivity index (χ0) is 28.8. The van der Waals surface area contributed by atoms with E-state index in [2.05, 4.69) is 4.98 Å². The van der Waals surface area contributed by atoms with Crippen LogP contribution in [-0.2, 0) is 30.8 Å². The summed E-state index contributed by atoms with van der Waals surface area (Å²) in [6.45, 7) is 1.69. The zero-order valence-electron chi connectivity index (χ0n) is 20.3. The van der Waals surface area contributed by atoms with Gasteiger partial charge in [0.1, 0.15) is 0 Å². The Hall–Kier alpha value is -3.81. The maximum absolute atomic E-state index is 13.8. The summed E-state index contributed by atoms with van der Waals surface area (Å²) in [7, 11) is -4.08. The Labute approximate surface area is 225 Å². The molecule has 2 heterocycles. The van der Waals surface area contributed by atoms with Crippen LogP contribution < -0.4 is 4.90 Å². The fraction of sp³-hybridized carbons (Fsp3) is 0.200. The van der Waals surface area contributed by atoms with Gasteiger partial charge in [0.2, 0.25) is 15.4 Å². The predicted molar refractivity (Wildman–Crippen MR) is 131 cm³/mol. The van der Waals surface area contributed by atoms with E-state index in [0.29, 0.717) is 4.90 Å². The number of carbonyl (C=O) groups excluding carboxylic acids is 3. The first-order chi connectivity index (χ1) is 18.1. The number of anilines is 1. The van der Waals surface area contributed by atoms with Crippen molar-refractivity contribution in [1.29, 1.82) is 0 Å². The number of alkyl halides is 3. The highest BCUT2D eigenvalue weighted by Gasteiger charge is 2.71. The van der Waals surface area contributed by atoms with Gasteiger partial charge in [0.15, 0.2) is 6.54 Å². The molecule has 0 N–H and O–H groups in total. The summed E-state index contributed by atoms with van der Waals surface area (Å²) in [5.74, 6) is -3.68. The second-order valence-electron chi connectivity index (χ2n) is 9.04. The number of amides is 3. The van der Waals surface area contributed by atoms with Crippen molar-refractivity contribution >= 4 is 45.0 Å². The van der Waals surface area contributed by atoms with Crippen LogP contribution >= 0.6 is 11.6 Å². The summed E-state index contributed by atoms with van der Waals surface area (Å²) in [5.41, 5.74) is -2.02. The molecule has 1 aliphatic heterocycles. The summed E-state index contributed by atoms with van der Waals surface area (Å²) in [4.78, 5) is 48.1. The molecule has 2 aromatic carbocycles. The van der Waals surface area contributed by atoms with Gasteiger partial charge >= 0.3 is 24.1 Å². The molecular formula is C25H20ClF3N3O6S+. The molecule has 0 aliphatic carbocycles. The Kier molecular flexibility index (Phi) is 7.04. The number of halogens is 4. The molecule has 9 nitrogen and oxygen atoms in total. The van der Waals surface area contributed by atoms with Crippen LogP contribution in [0, 0.1) is 0 Å². The van der Waals surface area contributed by atoms with Crippen molar-refractivity contribution in [3.05, 3.63) is 83.6 Å². The van der Waals surface area contributed by atoms with Crippen LogP contribution in [0.2, 0.25) is 5.02 Å². The first-order valence-corrected chi connectivity index (χ1v) is 13.1. The number of hydroxylamine groups is 3. The van der Waals surface area contributed by atoms with Crippen LogP contribution in [0.4, 0.5) is 23.7 Å². The summed E-state index contributed by atoms with van der Waals surface area (Å²) in [5, 5.41) is -0.346. The number of imide groups is 1. The monoisotopic (exact) mass is 582 g/mol. The normalized spacial score (nSPS) is 19.3. The average Bonchev–Trinajstić information content (AvgIpc) is 3.01. The minimum absolute atomic E-state index is 0.0544. The molecule has 1 unspecified atom stereocenters. The number of urea groups is 1. The molecule has 0 spiro atoms. The van der Waals surface area contributed by atoms with Crippen LogP contribution in [0.1, 0.15) is 19.4 Å². The first kappa shape index (κ1) is 28.2. The van der Waals surface area contributed by atoms with E-state index in [1.54, 1.807) is 6.07 Å². The molecule has 3 amide bonds. The molecule has 3 aromatic rings. The predicted octanol–water partition coefficient (Wildman–Crippen LogP) is 4.85. The number of hydrogen-bond donors (Lipinski definition) is 0. The molecule has 0 bridgehead atoms. The highest BCUT2D eigenvalue weighted by atomic mass is 35.5. The third-order valence-electron chi connectivity index (χ3n) is 6.27. The van der Waals surface area contributed by atoms with E-state index < -0.39 is 50.7 Å². The van der Waals surface area contributed by atoms with Crippen LogP contribution in [0.3, 0.4) is 0 Å². The first-order valence-electron chi connectivity index (χ1n) is 11.2. The van der Waals surface area contributed by atoms with Crippen molar-refractivity contribution in [3.8, 4) is 0 Å². The third-order valence-corrected chi connectivity index (χ3v) is 8.52. The summed E-state index contributed by atoms with van der Waals surface area (Å²) in [6, 6.07) is 12.1. The standard InChI is InChI=1S/C25H20ClF3N3O6S/c1-24(2)21(33)31(17-8-9-20(19(26)14-17)39(36,37)18-6-4-3-5-7-18)23(35)32(24,38-22(34)25(27,28)29)15-16-10-12-30-13-11-16/h3-14H,15H2,1-2H3/q+1. The molecule has 1 fully saturated rings. The van der Waals surface area contributed by atoms with Crippen LogP contribution in [-0.4, -0.2) is 47.7 Å². The minimum atomic E-state index is -5.47. The van der Waals surface area contributed by atoms with Gasteiger partial charge in [-0.15, -0.1) is 0 Å². The zero-order valence-corrected chi connectivity index (χ0v) is 21.9. The number of quaternary nitrogens is 1. The van der Waals surface area contributed by atoms with Crippen molar-refractivity contribution < 1.29 is 45.5 Å². The van der Waals surface area contributed by atoms with Gasteiger partial charge in [-0.3, -0.25) is 14.6 Å². The van der Waals surface area contributed by atoms with E-state index in [9.17, 15) is 36.0 Å². The molecule has 14 heteroatoms. The molecule has 39 heavy (non-hydrogen) atoms. The molecule has 4 rings (SSSR count). The fourth-order valence-electron chi connectivity index (χ4n) is 4.11. The van der Waals surface area contributed by atoms with Crippen LogP contribution in [0.25, 0.3) is 0 Å². The Balaban J connectivity index is 1.82. The largest absolute Gasteiger partial charge is 0.497 e. The lowest BCUT2D eigenvalue weighted by Crippen LogP contribution is -2.62. The fourth-order valence-corrected chi connectivity index (χ4v) is 5.92. The number of nitrogens with zero attached hydrogens (tertiary/aromatic N) is 3. The van der Waals surface area contributed by atoms with E-state index in [1.165, 1.54) is 48.8 Å². The van der Waals surface area contributed by atoms with Gasteiger partial charge in [-0.05, 0) is 47.1 Å². The topological polar surface area (TPSA) is 111 Å². The molecule has 0 radical (unpaired) electrons. The maximum atomic E-state index is 13.8. The van der Waals surface area contributed by atoms with Gasteiger partial charge < -0.3 is 0 Å². The minimum Gasteiger partial charge on any atom is -0.266 e. The highest BCUT2D eigenvalue weighted by molar-refractivity contribution is 7.91. The Morgan fingerprint density at radius 1 is 1.05 bits per heavy atom. The molecule has 1 aliphatic rings. The molecule has 1 saturated heterocycles. The quantitative estimate of drug-likeness (QED) is 0.302. The summed E-state index contributed by atoms with van der Waals surface area (Å²) >= 11 is 6.28. The van der Waals surface area contributed by atoms with E-state index in [-0.39, 0.29) is 26.1 Å². The molecular weight excluding hydrogens is 563 g/mol. The lowest BCUT2D eigenvalue weighted by molar-refractivity contribution is -1.06. The van der Waals surface area contributed by atoms with Gasteiger partial charge in [-0.2, -0.15) is 18.1 Å². The van der Waals surface area contributed by atoms with Crippen LogP contribution in [0.5, 0.6) is 0 Å². The van der Waals surface area contributed by atoms with E-state index in [4.69, 9.17) is 16.4 Å². The van der Waals surface area contributed by atoms with Crippen molar-refractivity contribution in [2.24, 2.45) is 0 Å². The molecule has 1 aromatic heterocycles. The molecule has 1 atom stereocenters. The third kappa shape index (κ3) is 4.77. The molecule has 204 valence electrons. The number of aromatic nitrogens is 1. The average molecular weight is 583 g/mol. The summed E-state index contributed by atoms with van der Waals surface area (Å²) < 4.78 is 64.2. The van der Waals surface area contributed by atoms with Gasteiger partial charge in [0.05, 0.1) is 20.5 Å². The molecule has 0 saturated carbocycles. The SMILES string of the molecule is CC1(C)C(=O)N(c2ccc(S(=O)(=O)c3ccccc3)c(Cl)c2)C(=O)[N+]1(Cc1ccncc1)OC(=O)C(F)(F)F. The highest BCUT2D eigenvalue weighted by Crippen LogP contribution is 2.43. The van der Waals surface area contributed by atoms with Crippen LogP contribution in [0.15, 0.2) is 82.8 Å². The van der Waals surface area contributed by atoms with Gasteiger partial charge in [0, 0.05) is 31.8 Å². The smallest absolute Gasteiger partial charge is 0.266 e. The number of rotatable bonds is 6. The van der Waals surface area contributed by atoms with Crippen molar-refractivity contribution in [1.82, 2.24) is 4.98 Å². The second-order valence-corrected chi connectivity index (χ2v) is 11.4. The number of benzene rings is 2.